The molecular weight excluding hydrogens is 302 g/mol. The molecule has 0 aliphatic rings. The fraction of sp³-hybridized carbons (Fsp3) is 0.350. The third-order valence-electron chi connectivity index (χ3n) is 4.08. The zero-order valence-corrected chi connectivity index (χ0v) is 14.0. The van der Waals surface area contributed by atoms with Crippen LogP contribution in [-0.4, -0.2) is 24.2 Å². The molecule has 1 heterocycles. The number of carbonyl (C=O) groups excluding carboxylic acids is 1. The Bertz CT molecular complexity index is 822. The van der Waals surface area contributed by atoms with Crippen molar-refractivity contribution in [3.8, 4) is 5.75 Å². The van der Waals surface area contributed by atoms with Crippen LogP contribution in [0.3, 0.4) is 0 Å². The number of carbonyl (C=O) groups is 1. The normalized spacial score (nSPS) is 11.0. The Labute approximate surface area is 141 Å². The molecule has 4 heteroatoms. The highest BCUT2D eigenvalue weighted by Crippen LogP contribution is 2.28. The second-order valence-corrected chi connectivity index (χ2v) is 5.84. The van der Waals surface area contributed by atoms with Crippen LogP contribution in [0.2, 0.25) is 0 Å². The Balaban J connectivity index is 1.49. The van der Waals surface area contributed by atoms with E-state index in [1.165, 1.54) is 10.8 Å². The summed E-state index contributed by atoms with van der Waals surface area (Å²) in [6.45, 7) is 2.95. The first-order valence-electron chi connectivity index (χ1n) is 8.57. The summed E-state index contributed by atoms with van der Waals surface area (Å²) >= 11 is 0. The van der Waals surface area contributed by atoms with Crippen molar-refractivity contribution < 1.29 is 14.3 Å². The quantitative estimate of drug-likeness (QED) is 0.477. The monoisotopic (exact) mass is 325 g/mol. The smallest absolute Gasteiger partial charge is 0.305 e. The molecule has 0 saturated heterocycles. The molecule has 1 N–H and O–H groups in total. The number of benzene rings is 2. The van der Waals surface area contributed by atoms with Crippen LogP contribution in [0.5, 0.6) is 5.75 Å². The van der Waals surface area contributed by atoms with Gasteiger partial charge in [-0.05, 0) is 44.4 Å². The van der Waals surface area contributed by atoms with Crippen molar-refractivity contribution in [2.24, 2.45) is 0 Å². The average molecular weight is 325 g/mol. The fourth-order valence-corrected chi connectivity index (χ4v) is 2.89. The Morgan fingerprint density at radius 1 is 1.00 bits per heavy atom. The van der Waals surface area contributed by atoms with Gasteiger partial charge in [0.15, 0.2) is 0 Å². The van der Waals surface area contributed by atoms with Crippen LogP contribution in [0, 0.1) is 0 Å². The molecular formula is C20H23NO3. The minimum absolute atomic E-state index is 0.109. The summed E-state index contributed by atoms with van der Waals surface area (Å²) in [5.41, 5.74) is 2.24. The molecule has 3 aromatic rings. The highest BCUT2D eigenvalue weighted by molar-refractivity contribution is 6.07. The lowest BCUT2D eigenvalue weighted by Crippen LogP contribution is -2.04. The number of unbranched alkanes of at least 4 members (excludes halogenated alkanes) is 2. The van der Waals surface area contributed by atoms with E-state index in [1.54, 1.807) is 0 Å². The van der Waals surface area contributed by atoms with Gasteiger partial charge in [-0.1, -0.05) is 18.2 Å². The van der Waals surface area contributed by atoms with E-state index in [0.717, 1.165) is 36.0 Å². The van der Waals surface area contributed by atoms with Crippen LogP contribution in [0.25, 0.3) is 21.8 Å². The SMILES string of the molecule is CCOC(=O)CCCCCOc1ccc2c(c1)[nH]c1ccccc12. The van der Waals surface area contributed by atoms with Gasteiger partial charge in [0.05, 0.1) is 18.7 Å². The van der Waals surface area contributed by atoms with Crippen molar-refractivity contribution in [2.75, 3.05) is 13.2 Å². The van der Waals surface area contributed by atoms with E-state index in [9.17, 15) is 4.79 Å². The molecule has 126 valence electrons. The van der Waals surface area contributed by atoms with Gasteiger partial charge in [-0.25, -0.2) is 0 Å². The lowest BCUT2D eigenvalue weighted by molar-refractivity contribution is -0.143. The standard InChI is InChI=1S/C20H23NO3/c1-2-23-20(22)10-4-3-7-13-24-15-11-12-17-16-8-5-6-9-18(16)21-19(17)14-15/h5-6,8-9,11-12,14,21H,2-4,7,10,13H2,1H3. The number of rotatable bonds is 8. The molecule has 1 aromatic heterocycles. The zero-order valence-electron chi connectivity index (χ0n) is 14.0. The van der Waals surface area contributed by atoms with Gasteiger partial charge in [0.2, 0.25) is 0 Å². The van der Waals surface area contributed by atoms with E-state index in [-0.39, 0.29) is 5.97 Å². The number of hydrogen-bond donors (Lipinski definition) is 1. The minimum Gasteiger partial charge on any atom is -0.494 e. The average Bonchev–Trinajstić information content (AvgIpc) is 2.96. The van der Waals surface area contributed by atoms with E-state index < -0.39 is 0 Å². The zero-order chi connectivity index (χ0) is 16.8. The summed E-state index contributed by atoms with van der Waals surface area (Å²) in [5.74, 6) is 0.766. The van der Waals surface area contributed by atoms with E-state index in [2.05, 4.69) is 29.2 Å². The summed E-state index contributed by atoms with van der Waals surface area (Å²) in [5, 5.41) is 2.45. The lowest BCUT2D eigenvalue weighted by Gasteiger charge is -2.06. The first kappa shape index (κ1) is 16.4. The van der Waals surface area contributed by atoms with E-state index in [0.29, 0.717) is 19.6 Å². The van der Waals surface area contributed by atoms with E-state index in [4.69, 9.17) is 9.47 Å². The van der Waals surface area contributed by atoms with E-state index in [1.807, 2.05) is 25.1 Å². The molecule has 2 aromatic carbocycles. The highest BCUT2D eigenvalue weighted by Gasteiger charge is 2.05. The predicted molar refractivity (Wildman–Crippen MR) is 96.4 cm³/mol. The molecule has 0 bridgehead atoms. The molecule has 3 rings (SSSR count). The third-order valence-corrected chi connectivity index (χ3v) is 4.08. The number of esters is 1. The van der Waals surface area contributed by atoms with Crippen molar-refractivity contribution in [2.45, 2.75) is 32.6 Å². The van der Waals surface area contributed by atoms with E-state index >= 15 is 0 Å². The molecule has 4 nitrogen and oxygen atoms in total. The van der Waals surface area contributed by atoms with Crippen molar-refractivity contribution in [1.82, 2.24) is 4.98 Å². The molecule has 0 fully saturated rings. The van der Waals surface area contributed by atoms with Gasteiger partial charge < -0.3 is 14.5 Å². The molecule has 0 spiro atoms. The van der Waals surface area contributed by atoms with Crippen molar-refractivity contribution in [3.05, 3.63) is 42.5 Å². The minimum atomic E-state index is -0.109. The highest BCUT2D eigenvalue weighted by atomic mass is 16.5. The predicted octanol–water partition coefficient (Wildman–Crippen LogP) is 4.82. The number of nitrogens with one attached hydrogen (secondary N) is 1. The summed E-state index contributed by atoms with van der Waals surface area (Å²) < 4.78 is 10.7. The summed E-state index contributed by atoms with van der Waals surface area (Å²) in [4.78, 5) is 14.7. The molecule has 0 aliphatic carbocycles. The second-order valence-electron chi connectivity index (χ2n) is 5.84. The molecule has 0 unspecified atom stereocenters. The number of para-hydroxylation sites is 1. The molecule has 0 atom stereocenters. The first-order chi connectivity index (χ1) is 11.8. The van der Waals surface area contributed by atoms with Gasteiger partial charge >= 0.3 is 5.97 Å². The van der Waals surface area contributed by atoms with Crippen LogP contribution in [0.1, 0.15) is 32.6 Å². The Morgan fingerprint density at radius 2 is 1.83 bits per heavy atom. The topological polar surface area (TPSA) is 51.3 Å². The second kappa shape index (κ2) is 7.86. The summed E-state index contributed by atoms with van der Waals surface area (Å²) in [6, 6.07) is 14.5. The van der Waals surface area contributed by atoms with Crippen LogP contribution >= 0.6 is 0 Å². The number of H-pyrrole nitrogens is 1. The maximum Gasteiger partial charge on any atom is 0.305 e. The van der Waals surface area contributed by atoms with Gasteiger partial charge in [-0.15, -0.1) is 0 Å². The Hall–Kier alpha value is -2.49. The first-order valence-corrected chi connectivity index (χ1v) is 8.57. The number of ether oxygens (including phenoxy) is 2. The molecule has 0 aliphatic heterocycles. The maximum atomic E-state index is 11.2. The molecule has 24 heavy (non-hydrogen) atoms. The largest absolute Gasteiger partial charge is 0.494 e. The lowest BCUT2D eigenvalue weighted by atomic mass is 10.1. The van der Waals surface area contributed by atoms with Gasteiger partial charge in [-0.3, -0.25) is 4.79 Å². The van der Waals surface area contributed by atoms with Crippen molar-refractivity contribution >= 4 is 27.8 Å². The van der Waals surface area contributed by atoms with Gasteiger partial charge in [0.25, 0.3) is 0 Å². The van der Waals surface area contributed by atoms with Crippen molar-refractivity contribution in [3.63, 3.8) is 0 Å². The van der Waals surface area contributed by atoms with Gasteiger partial charge in [-0.2, -0.15) is 0 Å². The fourth-order valence-electron chi connectivity index (χ4n) is 2.89. The Morgan fingerprint density at radius 3 is 2.71 bits per heavy atom. The van der Waals surface area contributed by atoms with Gasteiger partial charge in [0.1, 0.15) is 5.75 Å². The Kier molecular flexibility index (Phi) is 5.36. The van der Waals surface area contributed by atoms with Crippen molar-refractivity contribution in [1.29, 1.82) is 0 Å². The molecule has 0 saturated carbocycles. The maximum absolute atomic E-state index is 11.2. The van der Waals surface area contributed by atoms with Crippen LogP contribution in [-0.2, 0) is 9.53 Å². The molecule has 0 radical (unpaired) electrons. The van der Waals surface area contributed by atoms with Crippen LogP contribution in [0.15, 0.2) is 42.5 Å². The van der Waals surface area contributed by atoms with Crippen LogP contribution < -0.4 is 4.74 Å². The summed E-state index contributed by atoms with van der Waals surface area (Å²) in [6.07, 6.45) is 3.25. The third kappa shape index (κ3) is 3.88. The number of aromatic nitrogens is 1. The van der Waals surface area contributed by atoms with Gasteiger partial charge in [0, 0.05) is 28.8 Å². The number of fused-ring (bicyclic) bond motifs is 3. The number of hydrogen-bond acceptors (Lipinski definition) is 3. The van der Waals surface area contributed by atoms with Crippen LogP contribution in [0.4, 0.5) is 0 Å². The number of aromatic amines is 1. The molecule has 0 amide bonds. The summed E-state index contributed by atoms with van der Waals surface area (Å²) in [7, 11) is 0.